The molecule has 2 saturated carbocycles. The number of carbonyl (C=O) groups excluding carboxylic acids is 1. The summed E-state index contributed by atoms with van der Waals surface area (Å²) in [4.78, 5) is 14.3. The number of carbonyl (C=O) groups is 1. The zero-order chi connectivity index (χ0) is 13.0. The summed E-state index contributed by atoms with van der Waals surface area (Å²) in [5.41, 5.74) is 5.61. The van der Waals surface area contributed by atoms with E-state index in [-0.39, 0.29) is 5.41 Å². The van der Waals surface area contributed by atoms with Crippen LogP contribution in [-0.2, 0) is 4.79 Å². The fraction of sp³-hybridized carbons (Fsp3) is 0.933. The highest BCUT2D eigenvalue weighted by Crippen LogP contribution is 2.41. The third-order valence-electron chi connectivity index (χ3n) is 5.10. The Balaban J connectivity index is 1.76. The molecule has 0 unspecified atom stereocenters. The zero-order valence-electron chi connectivity index (χ0n) is 11.8. The van der Waals surface area contributed by atoms with Crippen molar-refractivity contribution in [3.8, 4) is 0 Å². The van der Waals surface area contributed by atoms with Gasteiger partial charge >= 0.3 is 0 Å². The average molecular weight is 252 g/mol. The normalized spacial score (nSPS) is 23.4. The first-order valence-corrected chi connectivity index (χ1v) is 7.63. The SMILES string of the molecule is CN(CCC1CCCCC1)C(=O)C1(CN)CCC1. The lowest BCUT2D eigenvalue weighted by Crippen LogP contribution is -2.51. The van der Waals surface area contributed by atoms with Crippen LogP contribution in [0.3, 0.4) is 0 Å². The van der Waals surface area contributed by atoms with E-state index in [1.54, 1.807) is 0 Å². The summed E-state index contributed by atoms with van der Waals surface area (Å²) >= 11 is 0. The molecule has 2 aliphatic carbocycles. The van der Waals surface area contributed by atoms with Crippen LogP contribution in [0, 0.1) is 11.3 Å². The first-order chi connectivity index (χ1) is 8.68. The predicted molar refractivity (Wildman–Crippen MR) is 74.2 cm³/mol. The van der Waals surface area contributed by atoms with Crippen molar-refractivity contribution in [3.63, 3.8) is 0 Å². The first kappa shape index (κ1) is 13.9. The van der Waals surface area contributed by atoms with E-state index in [0.29, 0.717) is 12.5 Å². The predicted octanol–water partition coefficient (Wildman–Crippen LogP) is 2.54. The van der Waals surface area contributed by atoms with Crippen molar-refractivity contribution in [1.29, 1.82) is 0 Å². The molecule has 104 valence electrons. The molecule has 0 aliphatic heterocycles. The highest BCUT2D eigenvalue weighted by Gasteiger charge is 2.44. The third-order valence-corrected chi connectivity index (χ3v) is 5.10. The average Bonchev–Trinajstić information content (AvgIpc) is 2.36. The highest BCUT2D eigenvalue weighted by molar-refractivity contribution is 5.83. The first-order valence-electron chi connectivity index (χ1n) is 7.63. The van der Waals surface area contributed by atoms with Crippen LogP contribution in [0.15, 0.2) is 0 Å². The molecule has 2 aliphatic rings. The zero-order valence-corrected chi connectivity index (χ0v) is 11.8. The molecule has 2 fully saturated rings. The van der Waals surface area contributed by atoms with Crippen molar-refractivity contribution < 1.29 is 4.79 Å². The van der Waals surface area contributed by atoms with Crippen LogP contribution < -0.4 is 5.73 Å². The van der Waals surface area contributed by atoms with Gasteiger partial charge in [-0.05, 0) is 25.2 Å². The van der Waals surface area contributed by atoms with Crippen LogP contribution in [0.1, 0.15) is 57.8 Å². The maximum Gasteiger partial charge on any atom is 0.229 e. The maximum absolute atomic E-state index is 12.4. The largest absolute Gasteiger partial charge is 0.345 e. The Morgan fingerprint density at radius 3 is 2.39 bits per heavy atom. The Bertz CT molecular complexity index is 275. The molecule has 3 nitrogen and oxygen atoms in total. The molecule has 0 heterocycles. The number of nitrogens with two attached hydrogens (primary N) is 1. The van der Waals surface area contributed by atoms with Crippen molar-refractivity contribution >= 4 is 5.91 Å². The van der Waals surface area contributed by atoms with Crippen LogP contribution in [0.5, 0.6) is 0 Å². The summed E-state index contributed by atoms with van der Waals surface area (Å²) in [5, 5.41) is 0. The standard InChI is InChI=1S/C15H28N2O/c1-17(11-8-13-6-3-2-4-7-13)14(18)15(12-16)9-5-10-15/h13H,2-12,16H2,1H3. The summed E-state index contributed by atoms with van der Waals surface area (Å²) < 4.78 is 0. The van der Waals surface area contributed by atoms with Gasteiger partial charge in [-0.3, -0.25) is 4.79 Å². The molecule has 0 saturated heterocycles. The monoisotopic (exact) mass is 252 g/mol. The van der Waals surface area contributed by atoms with E-state index in [9.17, 15) is 4.79 Å². The Kier molecular flexibility index (Phi) is 4.66. The number of nitrogens with zero attached hydrogens (tertiary/aromatic N) is 1. The second-order valence-electron chi connectivity index (χ2n) is 6.36. The summed E-state index contributed by atoms with van der Waals surface area (Å²) in [6, 6.07) is 0. The summed E-state index contributed by atoms with van der Waals surface area (Å²) in [6.45, 7) is 1.45. The van der Waals surface area contributed by atoms with E-state index in [2.05, 4.69) is 0 Å². The number of hydrogen-bond acceptors (Lipinski definition) is 2. The maximum atomic E-state index is 12.4. The Morgan fingerprint density at radius 2 is 1.89 bits per heavy atom. The van der Waals surface area contributed by atoms with Gasteiger partial charge in [-0.15, -0.1) is 0 Å². The molecule has 0 atom stereocenters. The van der Waals surface area contributed by atoms with Gasteiger partial charge in [0.2, 0.25) is 5.91 Å². The van der Waals surface area contributed by atoms with Gasteiger partial charge in [0.1, 0.15) is 0 Å². The van der Waals surface area contributed by atoms with Crippen molar-refractivity contribution in [1.82, 2.24) is 4.90 Å². The molecule has 0 aromatic rings. The van der Waals surface area contributed by atoms with E-state index in [4.69, 9.17) is 5.73 Å². The van der Waals surface area contributed by atoms with Gasteiger partial charge in [-0.1, -0.05) is 38.5 Å². The smallest absolute Gasteiger partial charge is 0.229 e. The fourth-order valence-electron chi connectivity index (χ4n) is 3.47. The quantitative estimate of drug-likeness (QED) is 0.817. The van der Waals surface area contributed by atoms with E-state index in [0.717, 1.165) is 25.3 Å². The second-order valence-corrected chi connectivity index (χ2v) is 6.36. The number of rotatable bonds is 5. The lowest BCUT2D eigenvalue weighted by Gasteiger charge is -2.42. The molecule has 0 spiro atoms. The molecular weight excluding hydrogens is 224 g/mol. The minimum atomic E-state index is -0.193. The number of amides is 1. The van der Waals surface area contributed by atoms with Crippen LogP contribution in [0.25, 0.3) is 0 Å². The van der Waals surface area contributed by atoms with Crippen molar-refractivity contribution in [2.75, 3.05) is 20.1 Å². The topological polar surface area (TPSA) is 46.3 Å². The lowest BCUT2D eigenvalue weighted by molar-refractivity contribution is -0.145. The van der Waals surface area contributed by atoms with Gasteiger partial charge in [0.15, 0.2) is 0 Å². The van der Waals surface area contributed by atoms with E-state index < -0.39 is 0 Å². The highest BCUT2D eigenvalue weighted by atomic mass is 16.2. The molecule has 0 bridgehead atoms. The molecule has 18 heavy (non-hydrogen) atoms. The Morgan fingerprint density at radius 1 is 1.22 bits per heavy atom. The van der Waals surface area contributed by atoms with Gasteiger partial charge < -0.3 is 10.6 Å². The molecule has 0 aromatic carbocycles. The minimum Gasteiger partial charge on any atom is -0.345 e. The summed E-state index contributed by atoms with van der Waals surface area (Å²) in [5.74, 6) is 1.15. The molecule has 0 radical (unpaired) electrons. The van der Waals surface area contributed by atoms with Gasteiger partial charge in [0, 0.05) is 20.1 Å². The van der Waals surface area contributed by atoms with Crippen LogP contribution in [0.2, 0.25) is 0 Å². The van der Waals surface area contributed by atoms with Crippen LogP contribution >= 0.6 is 0 Å². The van der Waals surface area contributed by atoms with Gasteiger partial charge in [0.05, 0.1) is 5.41 Å². The van der Waals surface area contributed by atoms with E-state index in [1.165, 1.54) is 44.9 Å². The van der Waals surface area contributed by atoms with Crippen LogP contribution in [0.4, 0.5) is 0 Å². The Hall–Kier alpha value is -0.570. The Labute approximate surface area is 111 Å². The van der Waals surface area contributed by atoms with Crippen molar-refractivity contribution in [2.24, 2.45) is 17.1 Å². The molecule has 2 rings (SSSR count). The van der Waals surface area contributed by atoms with Gasteiger partial charge in [-0.2, -0.15) is 0 Å². The van der Waals surface area contributed by atoms with Gasteiger partial charge in [0.25, 0.3) is 0 Å². The van der Waals surface area contributed by atoms with E-state index in [1.807, 2.05) is 11.9 Å². The fourth-order valence-corrected chi connectivity index (χ4v) is 3.47. The molecule has 2 N–H and O–H groups in total. The molecule has 0 aromatic heterocycles. The van der Waals surface area contributed by atoms with E-state index >= 15 is 0 Å². The molecule has 1 amide bonds. The molecule has 3 heteroatoms. The lowest BCUT2D eigenvalue weighted by atomic mass is 9.68. The third kappa shape index (κ3) is 2.87. The summed E-state index contributed by atoms with van der Waals surface area (Å²) in [7, 11) is 1.96. The number of hydrogen-bond donors (Lipinski definition) is 1. The second kappa shape index (κ2) is 6.05. The van der Waals surface area contributed by atoms with Crippen LogP contribution in [-0.4, -0.2) is 30.9 Å². The van der Waals surface area contributed by atoms with Crippen molar-refractivity contribution in [3.05, 3.63) is 0 Å². The van der Waals surface area contributed by atoms with Gasteiger partial charge in [-0.25, -0.2) is 0 Å². The van der Waals surface area contributed by atoms with Crippen molar-refractivity contribution in [2.45, 2.75) is 57.8 Å². The molecular formula is C15H28N2O. The summed E-state index contributed by atoms with van der Waals surface area (Å²) in [6.07, 6.45) is 11.2. The minimum absolute atomic E-state index is 0.193.